The number of carbonyl (C=O) groups is 1. The molecule has 0 spiro atoms. The molecule has 2 aromatic heterocycles. The average molecular weight is 368 g/mol. The molecule has 0 atom stereocenters. The number of anilines is 1. The number of hydrogen-bond donors (Lipinski definition) is 1. The van der Waals surface area contributed by atoms with Crippen LogP contribution in [-0.4, -0.2) is 24.2 Å². The maximum Gasteiger partial charge on any atom is 0.246 e. The summed E-state index contributed by atoms with van der Waals surface area (Å²) >= 11 is 1.39. The monoisotopic (exact) mass is 368 g/mol. The molecule has 130 valence electrons. The van der Waals surface area contributed by atoms with Gasteiger partial charge in [0.05, 0.1) is 4.90 Å². The highest BCUT2D eigenvalue weighted by Gasteiger charge is 2.44. The Morgan fingerprint density at radius 2 is 1.96 bits per heavy atom. The van der Waals surface area contributed by atoms with Gasteiger partial charge in [0.1, 0.15) is 4.75 Å². The van der Waals surface area contributed by atoms with E-state index in [-0.39, 0.29) is 10.7 Å². The SMILES string of the molecule is C=C(C)c1cc(NC(=O)C(C)(C)S(=O)(=O)c2cc(C)sc2C)no1. The van der Waals surface area contributed by atoms with Gasteiger partial charge in [0, 0.05) is 15.8 Å². The molecule has 0 aliphatic carbocycles. The predicted molar refractivity (Wildman–Crippen MR) is 94.9 cm³/mol. The molecule has 0 aliphatic rings. The third-order valence-corrected chi connectivity index (χ3v) is 7.30. The minimum Gasteiger partial charge on any atom is -0.354 e. The number of carbonyl (C=O) groups excluding carboxylic acids is 1. The number of thiophene rings is 1. The second-order valence-corrected chi connectivity index (χ2v) is 10.0. The molecule has 0 aromatic carbocycles. The molecule has 0 fully saturated rings. The Balaban J connectivity index is 2.32. The van der Waals surface area contributed by atoms with Crippen LogP contribution in [0.25, 0.3) is 5.57 Å². The first-order valence-corrected chi connectivity index (χ1v) is 9.52. The first-order chi connectivity index (χ1) is 11.0. The zero-order valence-corrected chi connectivity index (χ0v) is 15.9. The Labute approximate surface area is 145 Å². The van der Waals surface area contributed by atoms with Gasteiger partial charge in [-0.15, -0.1) is 11.3 Å². The summed E-state index contributed by atoms with van der Waals surface area (Å²) in [5.74, 6) is -0.0953. The zero-order chi connectivity index (χ0) is 18.3. The number of sulfone groups is 1. The van der Waals surface area contributed by atoms with Crippen LogP contribution in [0.1, 0.15) is 36.3 Å². The molecule has 1 N–H and O–H groups in total. The third kappa shape index (κ3) is 3.16. The molecular weight excluding hydrogens is 348 g/mol. The van der Waals surface area contributed by atoms with E-state index in [1.54, 1.807) is 19.9 Å². The number of nitrogens with zero attached hydrogens (tertiary/aromatic N) is 1. The number of amides is 1. The molecule has 1 amide bonds. The van der Waals surface area contributed by atoms with Crippen molar-refractivity contribution in [1.29, 1.82) is 0 Å². The topological polar surface area (TPSA) is 89.3 Å². The minimum absolute atomic E-state index is 0.152. The van der Waals surface area contributed by atoms with E-state index in [0.717, 1.165) is 4.88 Å². The Hall–Kier alpha value is -1.93. The lowest BCUT2D eigenvalue weighted by Gasteiger charge is -2.23. The van der Waals surface area contributed by atoms with Crippen molar-refractivity contribution in [2.45, 2.75) is 44.3 Å². The first kappa shape index (κ1) is 18.4. The number of aryl methyl sites for hydroxylation is 2. The number of hydrogen-bond acceptors (Lipinski definition) is 6. The molecule has 0 unspecified atom stereocenters. The molecule has 24 heavy (non-hydrogen) atoms. The molecule has 8 heteroatoms. The summed E-state index contributed by atoms with van der Waals surface area (Å²) in [5.41, 5.74) is 0.652. The van der Waals surface area contributed by atoms with Crippen molar-refractivity contribution in [2.24, 2.45) is 0 Å². The van der Waals surface area contributed by atoms with E-state index in [9.17, 15) is 13.2 Å². The molecular formula is C16H20N2O4S2. The summed E-state index contributed by atoms with van der Waals surface area (Å²) in [5, 5.41) is 6.21. The second kappa shape index (κ2) is 6.18. The van der Waals surface area contributed by atoms with Crippen LogP contribution in [0.3, 0.4) is 0 Å². The van der Waals surface area contributed by atoms with Crippen molar-refractivity contribution in [3.63, 3.8) is 0 Å². The maximum atomic E-state index is 12.9. The number of allylic oxidation sites excluding steroid dienone is 1. The normalized spacial score (nSPS) is 12.2. The number of rotatable bonds is 5. The van der Waals surface area contributed by atoms with Gasteiger partial charge in [-0.1, -0.05) is 11.7 Å². The summed E-state index contributed by atoms with van der Waals surface area (Å²) in [6, 6.07) is 3.10. The van der Waals surface area contributed by atoms with Crippen molar-refractivity contribution < 1.29 is 17.7 Å². The van der Waals surface area contributed by atoms with E-state index in [0.29, 0.717) is 16.2 Å². The number of nitrogens with one attached hydrogen (secondary N) is 1. The minimum atomic E-state index is -3.85. The molecule has 6 nitrogen and oxygen atoms in total. The van der Waals surface area contributed by atoms with Gasteiger partial charge in [-0.25, -0.2) is 8.42 Å². The number of aromatic nitrogens is 1. The fourth-order valence-corrected chi connectivity index (χ4v) is 4.98. The molecule has 0 radical (unpaired) electrons. The Morgan fingerprint density at radius 1 is 1.33 bits per heavy atom. The Bertz CT molecular complexity index is 904. The van der Waals surface area contributed by atoms with E-state index >= 15 is 0 Å². The van der Waals surface area contributed by atoms with Gasteiger partial charge < -0.3 is 9.84 Å². The van der Waals surface area contributed by atoms with Gasteiger partial charge in [-0.2, -0.15) is 0 Å². The lowest BCUT2D eigenvalue weighted by Crippen LogP contribution is -2.44. The van der Waals surface area contributed by atoms with Crippen molar-refractivity contribution in [3.05, 3.63) is 34.2 Å². The van der Waals surface area contributed by atoms with Gasteiger partial charge >= 0.3 is 0 Å². The quantitative estimate of drug-likeness (QED) is 0.871. The smallest absolute Gasteiger partial charge is 0.246 e. The van der Waals surface area contributed by atoms with Gasteiger partial charge in [-0.3, -0.25) is 4.79 Å². The van der Waals surface area contributed by atoms with Crippen LogP contribution in [0.4, 0.5) is 5.82 Å². The molecule has 0 saturated heterocycles. The highest BCUT2D eigenvalue weighted by Crippen LogP contribution is 2.33. The fraction of sp³-hybridized carbons (Fsp3) is 0.375. The van der Waals surface area contributed by atoms with Crippen LogP contribution in [0.2, 0.25) is 0 Å². The van der Waals surface area contributed by atoms with Crippen LogP contribution in [-0.2, 0) is 14.6 Å². The summed E-state index contributed by atoms with van der Waals surface area (Å²) in [6.45, 7) is 11.8. The average Bonchev–Trinajstić information content (AvgIpc) is 3.05. The first-order valence-electron chi connectivity index (χ1n) is 7.22. The fourth-order valence-electron chi connectivity index (χ4n) is 2.07. The van der Waals surface area contributed by atoms with E-state index < -0.39 is 20.5 Å². The van der Waals surface area contributed by atoms with Crippen LogP contribution >= 0.6 is 11.3 Å². The Morgan fingerprint density at radius 3 is 2.42 bits per heavy atom. The molecule has 0 bridgehead atoms. The highest BCUT2D eigenvalue weighted by molar-refractivity contribution is 7.93. The van der Waals surface area contributed by atoms with Gasteiger partial charge in [0.15, 0.2) is 21.4 Å². The van der Waals surface area contributed by atoms with Crippen molar-refractivity contribution >= 4 is 38.5 Å². The van der Waals surface area contributed by atoms with E-state index in [1.165, 1.54) is 31.3 Å². The van der Waals surface area contributed by atoms with E-state index in [4.69, 9.17) is 4.52 Å². The molecule has 2 aromatic rings. The summed E-state index contributed by atoms with van der Waals surface area (Å²) < 4.78 is 29.2. The summed E-state index contributed by atoms with van der Waals surface area (Å²) in [4.78, 5) is 14.3. The van der Waals surface area contributed by atoms with Crippen molar-refractivity contribution in [1.82, 2.24) is 5.16 Å². The van der Waals surface area contributed by atoms with Crippen LogP contribution in [0.5, 0.6) is 0 Å². The second-order valence-electron chi connectivity index (χ2n) is 6.10. The van der Waals surface area contributed by atoms with Crippen LogP contribution in [0.15, 0.2) is 28.1 Å². The van der Waals surface area contributed by atoms with E-state index in [1.807, 2.05) is 6.92 Å². The maximum absolute atomic E-state index is 12.9. The summed E-state index contributed by atoms with van der Waals surface area (Å²) in [6.07, 6.45) is 0. The van der Waals surface area contributed by atoms with Crippen LogP contribution in [0, 0.1) is 13.8 Å². The molecule has 2 heterocycles. The standard InChI is InChI=1S/C16H20N2O4S2/c1-9(2)12-8-14(18-22-12)17-15(19)16(5,6)24(20,21)13-7-10(3)23-11(13)4/h7-8H,1H2,2-6H3,(H,17,18,19). The zero-order valence-electron chi connectivity index (χ0n) is 14.3. The van der Waals surface area contributed by atoms with Gasteiger partial charge in [0.2, 0.25) is 5.91 Å². The van der Waals surface area contributed by atoms with E-state index in [2.05, 4.69) is 17.1 Å². The van der Waals surface area contributed by atoms with Crippen molar-refractivity contribution in [2.75, 3.05) is 5.32 Å². The van der Waals surface area contributed by atoms with Crippen molar-refractivity contribution in [3.8, 4) is 0 Å². The highest BCUT2D eigenvalue weighted by atomic mass is 32.2. The lowest BCUT2D eigenvalue weighted by molar-refractivity contribution is -0.117. The molecule has 0 saturated carbocycles. The summed E-state index contributed by atoms with van der Waals surface area (Å²) in [7, 11) is -3.85. The molecule has 0 aliphatic heterocycles. The van der Waals surface area contributed by atoms with Gasteiger partial charge in [0.25, 0.3) is 0 Å². The predicted octanol–water partition coefficient (Wildman–Crippen LogP) is 3.58. The third-order valence-electron chi connectivity index (χ3n) is 3.68. The van der Waals surface area contributed by atoms with Gasteiger partial charge in [-0.05, 0) is 46.3 Å². The largest absolute Gasteiger partial charge is 0.354 e. The Kier molecular flexibility index (Phi) is 4.74. The molecule has 2 rings (SSSR count). The lowest BCUT2D eigenvalue weighted by atomic mass is 10.2. The van der Waals surface area contributed by atoms with Crippen LogP contribution < -0.4 is 5.32 Å².